The molecule has 118 valence electrons. The molecule has 1 fully saturated rings. The minimum atomic E-state index is -1.75. The summed E-state index contributed by atoms with van der Waals surface area (Å²) in [5.41, 5.74) is 0. The lowest BCUT2D eigenvalue weighted by molar-refractivity contribution is -0.180. The predicted molar refractivity (Wildman–Crippen MR) is 85.7 cm³/mol. The van der Waals surface area contributed by atoms with Crippen LogP contribution in [0, 0.1) is 11.8 Å². The first-order valence-corrected chi connectivity index (χ1v) is 14.2. The third kappa shape index (κ3) is 5.31. The lowest BCUT2D eigenvalue weighted by atomic mass is 9.84. The van der Waals surface area contributed by atoms with E-state index < -0.39 is 22.7 Å². The Kier molecular flexibility index (Phi) is 5.63. The number of hydrogen-bond acceptors (Lipinski definition) is 4. The van der Waals surface area contributed by atoms with Gasteiger partial charge in [-0.2, -0.15) is 0 Å². The third-order valence-corrected chi connectivity index (χ3v) is 5.55. The van der Waals surface area contributed by atoms with E-state index in [1.54, 1.807) is 0 Å². The summed E-state index contributed by atoms with van der Waals surface area (Å²) in [7, 11) is -3.34. The maximum absolute atomic E-state index is 12.2. The molecule has 0 N–H and O–H groups in total. The van der Waals surface area contributed by atoms with Crippen molar-refractivity contribution >= 4 is 22.6 Å². The van der Waals surface area contributed by atoms with Crippen LogP contribution >= 0.6 is 0 Å². The lowest BCUT2D eigenvalue weighted by Crippen LogP contribution is -2.52. The van der Waals surface area contributed by atoms with E-state index in [1.807, 2.05) is 0 Å². The van der Waals surface area contributed by atoms with Gasteiger partial charge in [-0.05, 0) is 45.2 Å². The third-order valence-electron chi connectivity index (χ3n) is 3.55. The molecule has 0 unspecified atom stereocenters. The number of rotatable bonds is 5. The minimum absolute atomic E-state index is 0.147. The van der Waals surface area contributed by atoms with Gasteiger partial charge in [-0.1, -0.05) is 13.8 Å². The maximum Gasteiger partial charge on any atom is 0.334 e. The van der Waals surface area contributed by atoms with E-state index in [1.165, 1.54) is 0 Å². The van der Waals surface area contributed by atoms with Crippen molar-refractivity contribution in [3.63, 3.8) is 0 Å². The largest absolute Gasteiger partial charge is 0.458 e. The Balaban J connectivity index is 2.69. The smallest absolute Gasteiger partial charge is 0.334 e. The molecule has 0 saturated carbocycles. The molecule has 0 aromatic heterocycles. The molecule has 1 saturated heterocycles. The van der Waals surface area contributed by atoms with Crippen LogP contribution in [0.15, 0.2) is 0 Å². The Morgan fingerprint density at radius 2 is 1.55 bits per heavy atom. The second-order valence-electron chi connectivity index (χ2n) is 7.77. The molecular formula is C14H30O4Si2. The minimum Gasteiger partial charge on any atom is -0.458 e. The highest BCUT2D eigenvalue weighted by molar-refractivity contribution is 6.70. The average molecular weight is 319 g/mol. The van der Waals surface area contributed by atoms with Crippen molar-refractivity contribution < 1.29 is 18.4 Å². The quantitative estimate of drug-likeness (QED) is 0.576. The number of hydrogen-bond donors (Lipinski definition) is 0. The molecule has 0 aromatic carbocycles. The van der Waals surface area contributed by atoms with Crippen LogP contribution in [0.2, 0.25) is 39.3 Å². The van der Waals surface area contributed by atoms with Crippen LogP contribution in [0.4, 0.5) is 0 Å². The molecule has 0 radical (unpaired) electrons. The molecule has 4 atom stereocenters. The summed E-state index contributed by atoms with van der Waals surface area (Å²) in [5, 5.41) is 0. The Labute approximate surface area is 125 Å². The standard InChI is InChI=1S/C14H30O4Si2/c1-10-11(2)13(18-20(6,7)8)14(15)17-12(10)9-16-19(3,4)5/h10-13H,9H2,1-8H3/t10-,11-,12+,13+/m0/s1. The number of esters is 1. The van der Waals surface area contributed by atoms with Gasteiger partial charge in [0.1, 0.15) is 12.2 Å². The molecule has 0 amide bonds. The molecule has 0 aromatic rings. The van der Waals surface area contributed by atoms with E-state index in [4.69, 9.17) is 13.6 Å². The van der Waals surface area contributed by atoms with Crippen molar-refractivity contribution in [3.8, 4) is 0 Å². The van der Waals surface area contributed by atoms with Crippen LogP contribution in [0.1, 0.15) is 13.8 Å². The molecule has 0 spiro atoms. The van der Waals surface area contributed by atoms with Crippen LogP contribution in [0.25, 0.3) is 0 Å². The molecule has 1 heterocycles. The van der Waals surface area contributed by atoms with Crippen molar-refractivity contribution in [2.24, 2.45) is 11.8 Å². The van der Waals surface area contributed by atoms with E-state index in [9.17, 15) is 4.79 Å². The fourth-order valence-corrected chi connectivity index (χ4v) is 3.94. The van der Waals surface area contributed by atoms with Gasteiger partial charge in [0, 0.05) is 5.92 Å². The first-order chi connectivity index (χ1) is 8.91. The topological polar surface area (TPSA) is 44.8 Å². The molecule has 6 heteroatoms. The molecule has 0 bridgehead atoms. The second kappa shape index (κ2) is 6.29. The van der Waals surface area contributed by atoms with Gasteiger partial charge in [-0.25, -0.2) is 4.79 Å². The van der Waals surface area contributed by atoms with Crippen LogP contribution < -0.4 is 0 Å². The van der Waals surface area contributed by atoms with Gasteiger partial charge in [-0.3, -0.25) is 0 Å². The zero-order chi connectivity index (χ0) is 15.7. The Morgan fingerprint density at radius 3 is 2.00 bits per heavy atom. The van der Waals surface area contributed by atoms with Gasteiger partial charge in [0.25, 0.3) is 0 Å². The summed E-state index contributed by atoms with van der Waals surface area (Å²) >= 11 is 0. The lowest BCUT2D eigenvalue weighted by Gasteiger charge is -2.41. The van der Waals surface area contributed by atoms with Gasteiger partial charge in [-0.15, -0.1) is 0 Å². The molecule has 1 aliphatic rings. The molecule has 0 aliphatic carbocycles. The summed E-state index contributed by atoms with van der Waals surface area (Å²) in [6.07, 6.45) is -0.564. The Hall–Kier alpha value is -0.176. The van der Waals surface area contributed by atoms with Gasteiger partial charge in [0.05, 0.1) is 6.61 Å². The number of carbonyl (C=O) groups is 1. The van der Waals surface area contributed by atoms with Crippen molar-refractivity contribution in [3.05, 3.63) is 0 Å². The molecule has 1 aliphatic heterocycles. The van der Waals surface area contributed by atoms with Gasteiger partial charge in [0.2, 0.25) is 0 Å². The zero-order valence-electron chi connectivity index (χ0n) is 14.1. The molecule has 1 rings (SSSR count). The van der Waals surface area contributed by atoms with Gasteiger partial charge >= 0.3 is 5.97 Å². The summed E-state index contributed by atoms with van der Waals surface area (Å²) < 4.78 is 17.5. The summed E-state index contributed by atoms with van der Waals surface area (Å²) in [6, 6.07) is 0. The molecule has 20 heavy (non-hydrogen) atoms. The van der Waals surface area contributed by atoms with Crippen molar-refractivity contribution in [1.29, 1.82) is 0 Å². The Morgan fingerprint density at radius 1 is 1.00 bits per heavy atom. The van der Waals surface area contributed by atoms with E-state index in [-0.39, 0.29) is 23.9 Å². The average Bonchev–Trinajstić information content (AvgIpc) is 2.25. The fourth-order valence-electron chi connectivity index (χ4n) is 2.21. The first kappa shape index (κ1) is 17.9. The van der Waals surface area contributed by atoms with Gasteiger partial charge < -0.3 is 13.6 Å². The summed E-state index contributed by atoms with van der Waals surface area (Å²) in [5.74, 6) is 0.200. The highest BCUT2D eigenvalue weighted by atomic mass is 28.4. The van der Waals surface area contributed by atoms with Crippen molar-refractivity contribution in [2.75, 3.05) is 6.61 Å². The zero-order valence-corrected chi connectivity index (χ0v) is 16.1. The molecular weight excluding hydrogens is 288 g/mol. The second-order valence-corrected chi connectivity index (χ2v) is 16.7. The van der Waals surface area contributed by atoms with E-state index in [2.05, 4.69) is 53.1 Å². The van der Waals surface area contributed by atoms with Crippen molar-refractivity contribution in [2.45, 2.75) is 65.3 Å². The molecule has 4 nitrogen and oxygen atoms in total. The first-order valence-electron chi connectivity index (χ1n) is 7.43. The van der Waals surface area contributed by atoms with E-state index >= 15 is 0 Å². The number of carbonyl (C=O) groups excluding carboxylic acids is 1. The van der Waals surface area contributed by atoms with Crippen LogP contribution in [0.5, 0.6) is 0 Å². The normalized spacial score (nSPS) is 32.1. The van der Waals surface area contributed by atoms with Crippen LogP contribution in [-0.4, -0.2) is 41.4 Å². The highest BCUT2D eigenvalue weighted by Crippen LogP contribution is 2.31. The van der Waals surface area contributed by atoms with Crippen LogP contribution in [-0.2, 0) is 18.4 Å². The summed E-state index contributed by atoms with van der Waals surface area (Å²) in [6.45, 7) is 17.4. The summed E-state index contributed by atoms with van der Waals surface area (Å²) in [4.78, 5) is 12.2. The maximum atomic E-state index is 12.2. The fraction of sp³-hybridized carbons (Fsp3) is 0.929. The SMILES string of the molecule is C[C@H]1[C@H](C)[C@@H](O[Si](C)(C)C)C(=O)O[C@@H]1CO[Si](C)(C)C. The number of cyclic esters (lactones) is 1. The van der Waals surface area contributed by atoms with Crippen molar-refractivity contribution in [1.82, 2.24) is 0 Å². The number of ether oxygens (including phenoxy) is 1. The Bertz CT molecular complexity index is 344. The highest BCUT2D eigenvalue weighted by Gasteiger charge is 2.44. The van der Waals surface area contributed by atoms with Gasteiger partial charge in [0.15, 0.2) is 16.6 Å². The van der Waals surface area contributed by atoms with E-state index in [0.29, 0.717) is 6.61 Å². The monoisotopic (exact) mass is 318 g/mol. The predicted octanol–water partition coefficient (Wildman–Crippen LogP) is 3.26. The van der Waals surface area contributed by atoms with Crippen LogP contribution in [0.3, 0.4) is 0 Å². The van der Waals surface area contributed by atoms with E-state index in [0.717, 1.165) is 0 Å².